The molecule has 68 valence electrons. The monoisotopic (exact) mass is 175 g/mol. The maximum absolute atomic E-state index is 10.9. The summed E-state index contributed by atoms with van der Waals surface area (Å²) in [7, 11) is 0. The van der Waals surface area contributed by atoms with Gasteiger partial charge in [0.15, 0.2) is 5.78 Å². The van der Waals surface area contributed by atoms with Gasteiger partial charge in [0.25, 0.3) is 0 Å². The van der Waals surface area contributed by atoms with Gasteiger partial charge >= 0.3 is 0 Å². The van der Waals surface area contributed by atoms with E-state index in [9.17, 15) is 4.79 Å². The standard InChI is InChI=1S/C11H13NO/c1-2-11(13)9-12-8-10-6-4-3-5-7-10/h3-8H,2,9H2,1H3. The fraction of sp³-hybridized carbons (Fsp3) is 0.273. The number of benzene rings is 1. The van der Waals surface area contributed by atoms with Gasteiger partial charge in [0.05, 0.1) is 6.54 Å². The molecule has 0 fully saturated rings. The minimum Gasteiger partial charge on any atom is -0.298 e. The summed E-state index contributed by atoms with van der Waals surface area (Å²) in [6.07, 6.45) is 2.29. The Morgan fingerprint density at radius 3 is 2.69 bits per heavy atom. The molecule has 0 saturated carbocycles. The molecule has 13 heavy (non-hydrogen) atoms. The minimum absolute atomic E-state index is 0.173. The molecule has 1 aromatic rings. The van der Waals surface area contributed by atoms with E-state index in [-0.39, 0.29) is 5.78 Å². The Bertz CT molecular complexity index is 290. The number of hydrogen-bond acceptors (Lipinski definition) is 2. The summed E-state index contributed by atoms with van der Waals surface area (Å²) >= 11 is 0. The Balaban J connectivity index is 2.45. The van der Waals surface area contributed by atoms with Crippen molar-refractivity contribution in [1.82, 2.24) is 0 Å². The molecule has 2 nitrogen and oxygen atoms in total. The van der Waals surface area contributed by atoms with Gasteiger partial charge in [-0.2, -0.15) is 0 Å². The number of hydrogen-bond donors (Lipinski definition) is 0. The number of rotatable bonds is 4. The molecule has 0 heterocycles. The highest BCUT2D eigenvalue weighted by Crippen LogP contribution is 1.94. The highest BCUT2D eigenvalue weighted by Gasteiger charge is 1.92. The topological polar surface area (TPSA) is 29.4 Å². The highest BCUT2D eigenvalue weighted by atomic mass is 16.1. The van der Waals surface area contributed by atoms with Crippen LogP contribution in [0.5, 0.6) is 0 Å². The van der Waals surface area contributed by atoms with Crippen LogP contribution < -0.4 is 0 Å². The van der Waals surface area contributed by atoms with Crippen molar-refractivity contribution in [3.63, 3.8) is 0 Å². The van der Waals surface area contributed by atoms with Gasteiger partial charge < -0.3 is 0 Å². The lowest BCUT2D eigenvalue weighted by Crippen LogP contribution is -1.99. The van der Waals surface area contributed by atoms with Crippen LogP contribution in [0, 0.1) is 0 Å². The third-order valence-corrected chi connectivity index (χ3v) is 1.70. The van der Waals surface area contributed by atoms with Crippen molar-refractivity contribution in [1.29, 1.82) is 0 Å². The predicted molar refractivity (Wildman–Crippen MR) is 54.2 cm³/mol. The largest absolute Gasteiger partial charge is 0.298 e. The van der Waals surface area contributed by atoms with Crippen molar-refractivity contribution in [2.45, 2.75) is 13.3 Å². The second-order valence-electron chi connectivity index (χ2n) is 2.77. The molecule has 0 aliphatic rings. The van der Waals surface area contributed by atoms with Crippen LogP contribution >= 0.6 is 0 Å². The van der Waals surface area contributed by atoms with Crippen molar-refractivity contribution in [2.24, 2.45) is 4.99 Å². The van der Waals surface area contributed by atoms with E-state index >= 15 is 0 Å². The SMILES string of the molecule is CCC(=O)CN=Cc1ccccc1. The van der Waals surface area contributed by atoms with Crippen molar-refractivity contribution >= 4 is 12.0 Å². The molecule has 0 aliphatic heterocycles. The average molecular weight is 175 g/mol. The molecule has 0 radical (unpaired) electrons. The molecule has 0 bridgehead atoms. The Labute approximate surface area is 78.3 Å². The zero-order chi connectivity index (χ0) is 9.52. The zero-order valence-electron chi connectivity index (χ0n) is 7.73. The Morgan fingerprint density at radius 2 is 2.08 bits per heavy atom. The number of aliphatic imine (C=N–C) groups is 1. The number of carbonyl (C=O) groups is 1. The second-order valence-corrected chi connectivity index (χ2v) is 2.77. The lowest BCUT2D eigenvalue weighted by atomic mass is 10.2. The number of nitrogens with zero attached hydrogens (tertiary/aromatic N) is 1. The van der Waals surface area contributed by atoms with Gasteiger partial charge in [-0.1, -0.05) is 37.3 Å². The lowest BCUT2D eigenvalue weighted by Gasteiger charge is -1.91. The quantitative estimate of drug-likeness (QED) is 0.644. The van der Waals surface area contributed by atoms with Gasteiger partial charge in [-0.05, 0) is 5.56 Å². The Morgan fingerprint density at radius 1 is 1.38 bits per heavy atom. The van der Waals surface area contributed by atoms with E-state index in [4.69, 9.17) is 0 Å². The van der Waals surface area contributed by atoms with Crippen LogP contribution in [0.2, 0.25) is 0 Å². The maximum Gasteiger partial charge on any atom is 0.153 e. The summed E-state index contributed by atoms with van der Waals surface area (Å²) < 4.78 is 0. The number of ketones is 1. The zero-order valence-corrected chi connectivity index (χ0v) is 7.73. The molecule has 0 N–H and O–H groups in total. The molecule has 1 aromatic carbocycles. The first-order chi connectivity index (χ1) is 6.33. The van der Waals surface area contributed by atoms with E-state index in [1.165, 1.54) is 0 Å². The van der Waals surface area contributed by atoms with Gasteiger partial charge in [-0.3, -0.25) is 9.79 Å². The minimum atomic E-state index is 0.173. The van der Waals surface area contributed by atoms with Gasteiger partial charge in [-0.15, -0.1) is 0 Å². The maximum atomic E-state index is 10.9. The van der Waals surface area contributed by atoms with Crippen LogP contribution in [0.4, 0.5) is 0 Å². The third-order valence-electron chi connectivity index (χ3n) is 1.70. The summed E-state index contributed by atoms with van der Waals surface area (Å²) in [6.45, 7) is 2.14. The van der Waals surface area contributed by atoms with Crippen LogP contribution in [0.15, 0.2) is 35.3 Å². The summed E-state index contributed by atoms with van der Waals surface area (Å²) in [5, 5.41) is 0. The van der Waals surface area contributed by atoms with E-state index < -0.39 is 0 Å². The molecule has 0 atom stereocenters. The molecular weight excluding hydrogens is 162 g/mol. The van der Waals surface area contributed by atoms with Gasteiger partial charge in [0.2, 0.25) is 0 Å². The molecular formula is C11H13NO. The summed E-state index contributed by atoms with van der Waals surface area (Å²) in [5.74, 6) is 0.173. The fourth-order valence-corrected chi connectivity index (χ4v) is 0.904. The first kappa shape index (κ1) is 9.65. The van der Waals surface area contributed by atoms with Crippen molar-refractivity contribution in [3.05, 3.63) is 35.9 Å². The van der Waals surface area contributed by atoms with Gasteiger partial charge in [-0.25, -0.2) is 0 Å². The van der Waals surface area contributed by atoms with E-state index in [1.54, 1.807) is 6.21 Å². The molecule has 1 rings (SSSR count). The van der Waals surface area contributed by atoms with Crippen LogP contribution in [-0.2, 0) is 4.79 Å². The number of Topliss-reactive ketones (excluding diaryl/α,β-unsaturated/α-hetero) is 1. The van der Waals surface area contributed by atoms with Gasteiger partial charge in [0.1, 0.15) is 0 Å². The molecule has 0 spiro atoms. The van der Waals surface area contributed by atoms with Crippen molar-refractivity contribution in [2.75, 3.05) is 6.54 Å². The Hall–Kier alpha value is -1.44. The molecule has 2 heteroatoms. The van der Waals surface area contributed by atoms with Crippen LogP contribution in [0.3, 0.4) is 0 Å². The molecule has 0 unspecified atom stereocenters. The van der Waals surface area contributed by atoms with E-state index in [0.717, 1.165) is 5.56 Å². The van der Waals surface area contributed by atoms with Crippen molar-refractivity contribution in [3.8, 4) is 0 Å². The molecule has 0 saturated heterocycles. The molecule has 0 aliphatic carbocycles. The smallest absolute Gasteiger partial charge is 0.153 e. The normalized spacial score (nSPS) is 10.5. The molecule has 0 aromatic heterocycles. The highest BCUT2D eigenvalue weighted by molar-refractivity contribution is 5.85. The lowest BCUT2D eigenvalue weighted by molar-refractivity contribution is -0.117. The first-order valence-electron chi connectivity index (χ1n) is 4.39. The first-order valence-corrected chi connectivity index (χ1v) is 4.39. The van der Waals surface area contributed by atoms with Crippen LogP contribution in [-0.4, -0.2) is 18.5 Å². The van der Waals surface area contributed by atoms with E-state index in [2.05, 4.69) is 4.99 Å². The van der Waals surface area contributed by atoms with Gasteiger partial charge in [0, 0.05) is 12.6 Å². The predicted octanol–water partition coefficient (Wildman–Crippen LogP) is 2.08. The number of carbonyl (C=O) groups excluding carboxylic acids is 1. The Kier molecular flexibility index (Phi) is 3.89. The van der Waals surface area contributed by atoms with E-state index in [0.29, 0.717) is 13.0 Å². The second kappa shape index (κ2) is 5.25. The summed E-state index contributed by atoms with van der Waals surface area (Å²) in [4.78, 5) is 14.9. The van der Waals surface area contributed by atoms with Crippen LogP contribution in [0.1, 0.15) is 18.9 Å². The summed E-state index contributed by atoms with van der Waals surface area (Å²) in [6, 6.07) is 9.76. The van der Waals surface area contributed by atoms with E-state index in [1.807, 2.05) is 37.3 Å². The molecule has 0 amide bonds. The fourth-order valence-electron chi connectivity index (χ4n) is 0.904. The third kappa shape index (κ3) is 3.65. The van der Waals surface area contributed by atoms with Crippen LogP contribution in [0.25, 0.3) is 0 Å². The average Bonchev–Trinajstić information content (AvgIpc) is 2.19. The summed E-state index contributed by atoms with van der Waals surface area (Å²) in [5.41, 5.74) is 1.03. The van der Waals surface area contributed by atoms with Crippen molar-refractivity contribution < 1.29 is 4.79 Å².